The number of para-hydroxylation sites is 1. The van der Waals surface area contributed by atoms with Gasteiger partial charge in [0.15, 0.2) is 0 Å². The maximum atomic E-state index is 2.80. The van der Waals surface area contributed by atoms with Crippen molar-refractivity contribution in [3.05, 3.63) is 149 Å². The Balaban J connectivity index is 1.31. The fourth-order valence-corrected chi connectivity index (χ4v) is 12.8. The second-order valence-electron chi connectivity index (χ2n) is 25.9. The van der Waals surface area contributed by atoms with Crippen LogP contribution in [0.15, 0.2) is 121 Å². The highest BCUT2D eigenvalue weighted by Gasteiger charge is 2.62. The summed E-state index contributed by atoms with van der Waals surface area (Å²) in [4.78, 5) is 8.08. The lowest BCUT2D eigenvalue weighted by atomic mass is 9.33. The Hall–Kier alpha value is -5.22. The van der Waals surface area contributed by atoms with Gasteiger partial charge in [0.05, 0.1) is 0 Å². The summed E-state index contributed by atoms with van der Waals surface area (Å²) < 4.78 is 0. The van der Waals surface area contributed by atoms with Crippen LogP contribution in [0.1, 0.15) is 164 Å². The van der Waals surface area contributed by atoms with E-state index in [4.69, 9.17) is 0 Å². The molecule has 0 bridgehead atoms. The number of anilines is 8. The van der Waals surface area contributed by atoms with Crippen LogP contribution in [-0.2, 0) is 27.1 Å². The summed E-state index contributed by atoms with van der Waals surface area (Å²) in [5.74, 6) is 0. The first kappa shape index (κ1) is 45.6. The van der Waals surface area contributed by atoms with Crippen LogP contribution in [0, 0.1) is 5.41 Å². The van der Waals surface area contributed by atoms with Gasteiger partial charge in [-0.1, -0.05) is 177 Å². The molecule has 3 nitrogen and oxygen atoms in total. The highest BCUT2D eigenvalue weighted by molar-refractivity contribution is 7.00. The molecular weight excluding hydrogens is 810 g/mol. The molecule has 1 aliphatic carbocycles. The summed E-state index contributed by atoms with van der Waals surface area (Å²) >= 11 is 0. The smallest absolute Gasteiger partial charge is 0.252 e. The molecular formula is C63H76BN3. The topological polar surface area (TPSA) is 9.72 Å². The van der Waals surface area contributed by atoms with Gasteiger partial charge in [0.25, 0.3) is 6.71 Å². The second kappa shape index (κ2) is 14.9. The Bertz CT molecular complexity index is 2930. The van der Waals surface area contributed by atoms with E-state index in [9.17, 15) is 0 Å². The lowest BCUT2D eigenvalue weighted by molar-refractivity contribution is 0.0106. The predicted octanol–water partition coefficient (Wildman–Crippen LogP) is 15.7. The van der Waals surface area contributed by atoms with E-state index >= 15 is 0 Å². The van der Waals surface area contributed by atoms with Gasteiger partial charge in [-0.15, -0.1) is 0 Å². The quantitative estimate of drug-likeness (QED) is 0.164. The first-order valence-electron chi connectivity index (χ1n) is 25.4. The SMILES string of the molecule is CC(C)(C)c1ccc(N2c3cc(N4c5ccccc5C(C)(C)C5(C)CCCCC45C)ccc3B3c4ccc(C(C)(C)C)cc4N(c4cccc(C(C)(C)C)c4)c4cc(C(C)(C)C)cc2c43)cc1. The molecule has 0 amide bonds. The van der Waals surface area contributed by atoms with Crippen LogP contribution in [0.2, 0.25) is 0 Å². The number of nitrogens with zero attached hydrogens (tertiary/aromatic N) is 3. The molecule has 0 aromatic heterocycles. The van der Waals surface area contributed by atoms with E-state index < -0.39 is 0 Å². The number of rotatable bonds is 3. The van der Waals surface area contributed by atoms with Crippen LogP contribution < -0.4 is 31.1 Å². The van der Waals surface area contributed by atoms with E-state index in [1.165, 1.54) is 109 Å². The van der Waals surface area contributed by atoms with Crippen LogP contribution in [0.5, 0.6) is 0 Å². The fraction of sp³-hybridized carbons (Fsp3) is 0.429. The highest BCUT2D eigenvalue weighted by Crippen LogP contribution is 2.65. The van der Waals surface area contributed by atoms with E-state index in [-0.39, 0.29) is 44.7 Å². The average Bonchev–Trinajstić information content (AvgIpc) is 3.25. The minimum Gasteiger partial charge on any atom is -0.335 e. The summed E-state index contributed by atoms with van der Waals surface area (Å²) in [5, 5.41) is 0. The van der Waals surface area contributed by atoms with Gasteiger partial charge in [0, 0.05) is 56.5 Å². The van der Waals surface area contributed by atoms with Crippen LogP contribution in [0.4, 0.5) is 45.5 Å². The molecule has 1 fully saturated rings. The lowest BCUT2D eigenvalue weighted by Gasteiger charge is -2.66. The zero-order valence-electron chi connectivity index (χ0n) is 43.8. The molecule has 2 unspecified atom stereocenters. The number of hydrogen-bond donors (Lipinski definition) is 0. The Kier molecular flexibility index (Phi) is 10.1. The molecule has 0 spiro atoms. The van der Waals surface area contributed by atoms with Gasteiger partial charge in [-0.3, -0.25) is 0 Å². The third kappa shape index (κ3) is 6.88. The summed E-state index contributed by atoms with van der Waals surface area (Å²) in [6, 6.07) is 48.4. The van der Waals surface area contributed by atoms with Gasteiger partial charge in [-0.25, -0.2) is 0 Å². The van der Waals surface area contributed by atoms with Crippen molar-refractivity contribution in [2.75, 3.05) is 14.7 Å². The van der Waals surface area contributed by atoms with Gasteiger partial charge in [-0.05, 0) is 152 Å². The largest absolute Gasteiger partial charge is 0.335 e. The number of fused-ring (bicyclic) bond motifs is 6. The van der Waals surface area contributed by atoms with Crippen molar-refractivity contribution in [2.24, 2.45) is 5.41 Å². The van der Waals surface area contributed by atoms with Crippen molar-refractivity contribution in [3.8, 4) is 0 Å². The molecule has 2 atom stereocenters. The Morgan fingerprint density at radius 2 is 0.925 bits per heavy atom. The first-order valence-corrected chi connectivity index (χ1v) is 25.4. The van der Waals surface area contributed by atoms with E-state index in [2.05, 4.69) is 247 Å². The van der Waals surface area contributed by atoms with Crippen LogP contribution in [0.3, 0.4) is 0 Å². The molecule has 0 radical (unpaired) electrons. The molecule has 0 N–H and O–H groups in total. The Labute approximate surface area is 405 Å². The summed E-state index contributed by atoms with van der Waals surface area (Å²) in [7, 11) is 0. The monoisotopic (exact) mass is 886 g/mol. The fourth-order valence-electron chi connectivity index (χ4n) is 12.8. The molecule has 3 heterocycles. The normalized spacial score (nSPS) is 21.0. The summed E-state index contributed by atoms with van der Waals surface area (Å²) in [6.07, 6.45) is 4.90. The van der Waals surface area contributed by atoms with Crippen LogP contribution in [0.25, 0.3) is 0 Å². The van der Waals surface area contributed by atoms with E-state index in [1.807, 2.05) is 0 Å². The van der Waals surface area contributed by atoms with E-state index in [0.29, 0.717) is 0 Å². The standard InChI is InChI=1S/C63H76BN3/c1-57(2,3)41-26-29-45(30-27-41)65-53-40-47(67-51-25-18-17-24-48(51)61(13,14)62(15)34-19-20-35-63(62,67)16)31-33-50(53)64-49-32-28-43(59(7,8)9)37-52(49)66(46-23-21-22-42(36-46)58(4,5)6)55-39-44(60(10,11)12)38-54(65)56(55)64/h17-18,21-33,36-40H,19-20,34-35H2,1-16H3. The van der Waals surface area contributed by atoms with Crippen molar-refractivity contribution in [1.29, 1.82) is 0 Å². The minimum atomic E-state index is -0.109. The average molecular weight is 886 g/mol. The zero-order valence-corrected chi connectivity index (χ0v) is 43.8. The van der Waals surface area contributed by atoms with Crippen molar-refractivity contribution in [3.63, 3.8) is 0 Å². The zero-order chi connectivity index (χ0) is 48.0. The Morgan fingerprint density at radius 1 is 0.418 bits per heavy atom. The van der Waals surface area contributed by atoms with Crippen molar-refractivity contribution >= 4 is 68.6 Å². The van der Waals surface area contributed by atoms with Crippen molar-refractivity contribution in [1.82, 2.24) is 0 Å². The molecule has 4 heteroatoms. The molecule has 10 rings (SSSR count). The highest BCUT2D eigenvalue weighted by atomic mass is 15.2. The van der Waals surface area contributed by atoms with E-state index in [1.54, 1.807) is 0 Å². The second-order valence-corrected chi connectivity index (χ2v) is 25.9. The molecule has 3 aliphatic heterocycles. The maximum Gasteiger partial charge on any atom is 0.252 e. The predicted molar refractivity (Wildman–Crippen MR) is 292 cm³/mol. The van der Waals surface area contributed by atoms with Gasteiger partial charge in [-0.2, -0.15) is 0 Å². The van der Waals surface area contributed by atoms with Crippen molar-refractivity contribution < 1.29 is 0 Å². The molecule has 6 aromatic rings. The molecule has 6 aromatic carbocycles. The Morgan fingerprint density at radius 3 is 1.55 bits per heavy atom. The van der Waals surface area contributed by atoms with E-state index in [0.717, 1.165) is 6.42 Å². The van der Waals surface area contributed by atoms with Gasteiger partial charge >= 0.3 is 0 Å². The van der Waals surface area contributed by atoms with Gasteiger partial charge in [0.1, 0.15) is 0 Å². The van der Waals surface area contributed by atoms with Crippen LogP contribution in [-0.4, -0.2) is 12.3 Å². The summed E-state index contributed by atoms with van der Waals surface area (Å²) in [6.45, 7) is 38.4. The number of benzene rings is 6. The first-order chi connectivity index (χ1) is 31.3. The molecule has 1 saturated carbocycles. The molecule has 0 saturated heterocycles. The molecule has 4 aliphatic rings. The number of hydrogen-bond acceptors (Lipinski definition) is 3. The minimum absolute atomic E-state index is 0.000520. The van der Waals surface area contributed by atoms with Gasteiger partial charge in [0.2, 0.25) is 0 Å². The van der Waals surface area contributed by atoms with Gasteiger partial charge < -0.3 is 14.7 Å². The third-order valence-corrected chi connectivity index (χ3v) is 17.5. The lowest BCUT2D eigenvalue weighted by Crippen LogP contribution is -2.67. The molecule has 346 valence electrons. The van der Waals surface area contributed by atoms with Crippen LogP contribution >= 0.6 is 0 Å². The van der Waals surface area contributed by atoms with Crippen molar-refractivity contribution in [2.45, 2.75) is 169 Å². The summed E-state index contributed by atoms with van der Waals surface area (Å²) in [5.41, 5.74) is 21.0. The maximum absolute atomic E-state index is 2.80. The molecule has 67 heavy (non-hydrogen) atoms. The third-order valence-electron chi connectivity index (χ3n) is 17.5.